The van der Waals surface area contributed by atoms with Crippen molar-refractivity contribution in [3.8, 4) is 0 Å². The van der Waals surface area contributed by atoms with Crippen LogP contribution in [0.2, 0.25) is 0 Å². The maximum Gasteiger partial charge on any atom is 0.0662 e. The van der Waals surface area contributed by atoms with E-state index >= 15 is 0 Å². The normalized spacial score (nSPS) is 10.6. The fraction of sp³-hybridized carbons (Fsp3) is 0.308. The topological polar surface area (TPSA) is 17.8 Å². The van der Waals surface area contributed by atoms with Crippen LogP contribution < -0.4 is 0 Å². The van der Waals surface area contributed by atoms with Crippen LogP contribution in [0.4, 0.5) is 0 Å². The second-order valence-corrected chi connectivity index (χ2v) is 4.05. The van der Waals surface area contributed by atoms with Gasteiger partial charge in [-0.05, 0) is 43.5 Å². The van der Waals surface area contributed by atoms with Gasteiger partial charge in [0.05, 0.1) is 6.54 Å². The maximum absolute atomic E-state index is 4.28. The summed E-state index contributed by atoms with van der Waals surface area (Å²) in [6.45, 7) is 7.22. The smallest absolute Gasteiger partial charge is 0.0662 e. The van der Waals surface area contributed by atoms with E-state index in [1.807, 2.05) is 16.9 Å². The van der Waals surface area contributed by atoms with E-state index in [2.05, 4.69) is 44.1 Å². The molecule has 0 aliphatic rings. The molecule has 2 heteroatoms. The quantitative estimate of drug-likeness (QED) is 0.729. The third kappa shape index (κ3) is 2.09. The van der Waals surface area contributed by atoms with Gasteiger partial charge in [-0.1, -0.05) is 18.2 Å². The Morgan fingerprint density at radius 2 is 1.87 bits per heavy atom. The Kier molecular flexibility index (Phi) is 2.58. The lowest BCUT2D eigenvalue weighted by Gasteiger charge is -2.07. The summed E-state index contributed by atoms with van der Waals surface area (Å²) in [6, 6.07) is 8.60. The number of aromatic nitrogens is 2. The summed E-state index contributed by atoms with van der Waals surface area (Å²) in [5.74, 6) is 0. The van der Waals surface area contributed by atoms with Crippen LogP contribution in [-0.2, 0) is 6.54 Å². The van der Waals surface area contributed by atoms with Gasteiger partial charge in [-0.3, -0.25) is 4.68 Å². The average molecular weight is 200 g/mol. The molecule has 0 saturated carbocycles. The first-order valence-electron chi connectivity index (χ1n) is 5.21. The van der Waals surface area contributed by atoms with E-state index in [1.165, 1.54) is 22.4 Å². The highest BCUT2D eigenvalue weighted by atomic mass is 15.3. The zero-order chi connectivity index (χ0) is 10.8. The minimum absolute atomic E-state index is 0.861. The summed E-state index contributed by atoms with van der Waals surface area (Å²) in [5.41, 5.74) is 5.20. The molecule has 2 aromatic rings. The predicted octanol–water partition coefficient (Wildman–Crippen LogP) is 2.86. The lowest BCUT2D eigenvalue weighted by atomic mass is 10.1. The number of hydrogen-bond donors (Lipinski definition) is 0. The Morgan fingerprint density at radius 3 is 2.47 bits per heavy atom. The van der Waals surface area contributed by atoms with Gasteiger partial charge in [0.2, 0.25) is 0 Å². The Balaban J connectivity index is 2.25. The van der Waals surface area contributed by atoms with Gasteiger partial charge in [0, 0.05) is 11.9 Å². The Morgan fingerprint density at radius 1 is 1.07 bits per heavy atom. The van der Waals surface area contributed by atoms with E-state index in [4.69, 9.17) is 0 Å². The van der Waals surface area contributed by atoms with Crippen molar-refractivity contribution in [2.75, 3.05) is 0 Å². The molecule has 0 fully saturated rings. The molecule has 0 atom stereocenters. The Hall–Kier alpha value is -1.57. The van der Waals surface area contributed by atoms with Crippen LogP contribution in [0.5, 0.6) is 0 Å². The van der Waals surface area contributed by atoms with Crippen molar-refractivity contribution < 1.29 is 0 Å². The van der Waals surface area contributed by atoms with E-state index < -0.39 is 0 Å². The highest BCUT2D eigenvalue weighted by molar-refractivity contribution is 5.30. The second-order valence-electron chi connectivity index (χ2n) is 4.05. The van der Waals surface area contributed by atoms with E-state index in [9.17, 15) is 0 Å². The first kappa shape index (κ1) is 9.97. The summed E-state index contributed by atoms with van der Waals surface area (Å²) in [7, 11) is 0. The van der Waals surface area contributed by atoms with Gasteiger partial charge in [-0.15, -0.1) is 0 Å². The monoisotopic (exact) mass is 200 g/mol. The number of aryl methyl sites for hydroxylation is 3. The van der Waals surface area contributed by atoms with Crippen molar-refractivity contribution in [3.63, 3.8) is 0 Å². The predicted molar refractivity (Wildman–Crippen MR) is 62.0 cm³/mol. The van der Waals surface area contributed by atoms with Crippen molar-refractivity contribution in [1.29, 1.82) is 0 Å². The first-order valence-corrected chi connectivity index (χ1v) is 5.21. The Labute approximate surface area is 90.6 Å². The Bertz CT molecular complexity index is 469. The van der Waals surface area contributed by atoms with E-state index in [1.54, 1.807) is 0 Å². The molecule has 0 amide bonds. The molecule has 0 aliphatic carbocycles. The summed E-state index contributed by atoms with van der Waals surface area (Å²) in [5, 5.41) is 4.28. The van der Waals surface area contributed by atoms with Crippen molar-refractivity contribution in [1.82, 2.24) is 9.78 Å². The second kappa shape index (κ2) is 3.89. The van der Waals surface area contributed by atoms with Crippen LogP contribution >= 0.6 is 0 Å². The standard InChI is InChI=1S/C13H16N2/c1-10-4-5-13(8-11(10)2)9-15-12(3)6-7-14-15/h4-8H,9H2,1-3H3. The lowest BCUT2D eigenvalue weighted by molar-refractivity contribution is 0.664. The van der Waals surface area contributed by atoms with Crippen LogP contribution in [0.25, 0.3) is 0 Å². The molecule has 0 saturated heterocycles. The maximum atomic E-state index is 4.28. The van der Waals surface area contributed by atoms with E-state index in [0.717, 1.165) is 6.54 Å². The number of nitrogens with zero attached hydrogens (tertiary/aromatic N) is 2. The largest absolute Gasteiger partial charge is 0.265 e. The molecule has 0 spiro atoms. The molecule has 2 nitrogen and oxygen atoms in total. The molecule has 0 unspecified atom stereocenters. The number of hydrogen-bond acceptors (Lipinski definition) is 1. The SMILES string of the molecule is Cc1ccc(Cn2nccc2C)cc1C. The van der Waals surface area contributed by atoms with E-state index in [-0.39, 0.29) is 0 Å². The van der Waals surface area contributed by atoms with Gasteiger partial charge in [-0.2, -0.15) is 5.10 Å². The minimum atomic E-state index is 0.861. The van der Waals surface area contributed by atoms with E-state index in [0.29, 0.717) is 0 Å². The molecule has 1 heterocycles. The molecule has 0 bridgehead atoms. The molecule has 0 aliphatic heterocycles. The van der Waals surface area contributed by atoms with Crippen molar-refractivity contribution >= 4 is 0 Å². The molecular weight excluding hydrogens is 184 g/mol. The van der Waals surface area contributed by atoms with Crippen molar-refractivity contribution in [2.24, 2.45) is 0 Å². The molecule has 1 aromatic carbocycles. The fourth-order valence-electron chi connectivity index (χ4n) is 1.64. The third-order valence-corrected chi connectivity index (χ3v) is 2.83. The van der Waals surface area contributed by atoms with Gasteiger partial charge in [0.25, 0.3) is 0 Å². The number of rotatable bonds is 2. The van der Waals surface area contributed by atoms with Crippen LogP contribution in [0.3, 0.4) is 0 Å². The van der Waals surface area contributed by atoms with Gasteiger partial charge >= 0.3 is 0 Å². The van der Waals surface area contributed by atoms with Crippen molar-refractivity contribution in [2.45, 2.75) is 27.3 Å². The molecule has 1 aromatic heterocycles. The summed E-state index contributed by atoms with van der Waals surface area (Å²) >= 11 is 0. The van der Waals surface area contributed by atoms with Crippen LogP contribution in [0.1, 0.15) is 22.4 Å². The third-order valence-electron chi connectivity index (χ3n) is 2.83. The van der Waals surface area contributed by atoms with Gasteiger partial charge in [0.15, 0.2) is 0 Å². The summed E-state index contributed by atoms with van der Waals surface area (Å²) < 4.78 is 2.02. The van der Waals surface area contributed by atoms with Gasteiger partial charge in [0.1, 0.15) is 0 Å². The van der Waals surface area contributed by atoms with Crippen LogP contribution in [0, 0.1) is 20.8 Å². The molecule has 2 rings (SSSR count). The molecule has 0 radical (unpaired) electrons. The zero-order valence-corrected chi connectivity index (χ0v) is 9.49. The van der Waals surface area contributed by atoms with Crippen LogP contribution in [-0.4, -0.2) is 9.78 Å². The van der Waals surface area contributed by atoms with Crippen molar-refractivity contribution in [3.05, 3.63) is 52.8 Å². The summed E-state index contributed by atoms with van der Waals surface area (Å²) in [6.07, 6.45) is 1.84. The molecule has 15 heavy (non-hydrogen) atoms. The summed E-state index contributed by atoms with van der Waals surface area (Å²) in [4.78, 5) is 0. The van der Waals surface area contributed by atoms with Gasteiger partial charge < -0.3 is 0 Å². The molecular formula is C13H16N2. The highest BCUT2D eigenvalue weighted by Crippen LogP contribution is 2.11. The fourth-order valence-corrected chi connectivity index (χ4v) is 1.64. The zero-order valence-electron chi connectivity index (χ0n) is 9.49. The van der Waals surface area contributed by atoms with Crippen LogP contribution in [0.15, 0.2) is 30.5 Å². The number of benzene rings is 1. The van der Waals surface area contributed by atoms with Gasteiger partial charge in [-0.25, -0.2) is 0 Å². The lowest BCUT2D eigenvalue weighted by Crippen LogP contribution is -2.03. The minimum Gasteiger partial charge on any atom is -0.265 e. The molecule has 78 valence electrons. The highest BCUT2D eigenvalue weighted by Gasteiger charge is 2.00. The molecule has 0 N–H and O–H groups in total. The first-order chi connectivity index (χ1) is 7.16. The average Bonchev–Trinajstić information content (AvgIpc) is 2.59.